The molecule has 0 unspecified atom stereocenters. The van der Waals surface area contributed by atoms with Gasteiger partial charge >= 0.3 is 0 Å². The van der Waals surface area contributed by atoms with Gasteiger partial charge in [0.25, 0.3) is 7.42 Å². The van der Waals surface area contributed by atoms with Crippen molar-refractivity contribution in [1.82, 2.24) is 0 Å². The van der Waals surface area contributed by atoms with Crippen LogP contribution in [-0.2, 0) is 0 Å². The van der Waals surface area contributed by atoms with Crippen LogP contribution in [0.25, 0.3) is 0 Å². The first-order chi connectivity index (χ1) is 2.27. The van der Waals surface area contributed by atoms with Crippen molar-refractivity contribution in [3.8, 4) is 0 Å². The Hall–Kier alpha value is 0.537. The number of rotatable bonds is 1. The summed E-state index contributed by atoms with van der Waals surface area (Å²) in [5.74, 6) is 0. The fourth-order valence-corrected chi connectivity index (χ4v) is 0. The van der Waals surface area contributed by atoms with E-state index in [1.54, 1.807) is 5.70 Å². The molecule has 0 bridgehead atoms. The first-order valence-electron chi connectivity index (χ1n) is 1.07. The van der Waals surface area contributed by atoms with Gasteiger partial charge < -0.3 is 0 Å². The molecular formula is C2H3Cl2Si. The van der Waals surface area contributed by atoms with E-state index >= 15 is 0 Å². The Morgan fingerprint density at radius 1 is 1.60 bits per heavy atom. The zero-order chi connectivity index (χ0) is 4.28. The highest BCUT2D eigenvalue weighted by atomic mass is 35.7. The summed E-state index contributed by atoms with van der Waals surface area (Å²) in [5, 5.41) is 0. The van der Waals surface area contributed by atoms with Crippen LogP contribution in [0.2, 0.25) is 0 Å². The predicted molar refractivity (Wildman–Crippen MR) is 27.7 cm³/mol. The average Bonchev–Trinajstić information content (AvgIpc) is 1.38. The Morgan fingerprint density at radius 2 is 1.80 bits per heavy atom. The summed E-state index contributed by atoms with van der Waals surface area (Å²) in [4.78, 5) is 0. The Kier molecular flexibility index (Phi) is 3.05. The van der Waals surface area contributed by atoms with E-state index in [-0.39, 0.29) is 0 Å². The molecule has 1 radical (unpaired) electrons. The topological polar surface area (TPSA) is 0 Å². The van der Waals surface area contributed by atoms with Crippen LogP contribution in [0.5, 0.6) is 0 Å². The van der Waals surface area contributed by atoms with Gasteiger partial charge in [0.05, 0.1) is 0 Å². The van der Waals surface area contributed by atoms with Crippen LogP contribution < -0.4 is 0 Å². The summed E-state index contributed by atoms with van der Waals surface area (Å²) >= 11 is 10.4. The molecule has 0 saturated heterocycles. The minimum atomic E-state index is -1.17. The molecule has 0 aliphatic rings. The first kappa shape index (κ1) is 5.54. The lowest BCUT2D eigenvalue weighted by atomic mass is 11.3. The normalized spacial score (nSPS) is 8.60. The van der Waals surface area contributed by atoms with Crippen molar-refractivity contribution in [1.29, 1.82) is 0 Å². The quantitative estimate of drug-likeness (QED) is 0.370. The van der Waals surface area contributed by atoms with E-state index in [4.69, 9.17) is 22.2 Å². The fraction of sp³-hybridized carbons (Fsp3) is 0. The van der Waals surface area contributed by atoms with Crippen molar-refractivity contribution < 1.29 is 0 Å². The molecule has 0 fully saturated rings. The highest BCUT2D eigenvalue weighted by Gasteiger charge is 1.88. The standard InChI is InChI=1S/C2H3Cl2Si/c1-2-5(3)4/h2H,1H2. The first-order valence-corrected chi connectivity index (χ1v) is 4.68. The van der Waals surface area contributed by atoms with Crippen LogP contribution >= 0.6 is 22.2 Å². The minimum absolute atomic E-state index is 1.17. The second-order valence-corrected chi connectivity index (χ2v) is 4.50. The van der Waals surface area contributed by atoms with Gasteiger partial charge in [0.2, 0.25) is 0 Å². The maximum absolute atomic E-state index is 5.21. The van der Waals surface area contributed by atoms with Crippen LogP contribution in [0, 0.1) is 0 Å². The van der Waals surface area contributed by atoms with Crippen LogP contribution in [-0.4, -0.2) is 7.42 Å². The molecule has 0 nitrogen and oxygen atoms in total. The second kappa shape index (κ2) is 2.76. The maximum Gasteiger partial charge on any atom is 0.299 e. The van der Waals surface area contributed by atoms with Crippen LogP contribution in [0.15, 0.2) is 12.3 Å². The molecule has 0 atom stereocenters. The molecular weight excluding hydrogens is 123 g/mol. The van der Waals surface area contributed by atoms with E-state index in [2.05, 4.69) is 6.58 Å². The van der Waals surface area contributed by atoms with Crippen molar-refractivity contribution >= 4 is 29.6 Å². The van der Waals surface area contributed by atoms with Gasteiger partial charge in [0.15, 0.2) is 0 Å². The lowest BCUT2D eigenvalue weighted by molar-refractivity contribution is 2.58. The lowest BCUT2D eigenvalue weighted by Crippen LogP contribution is -1.78. The molecule has 0 aliphatic carbocycles. The van der Waals surface area contributed by atoms with Gasteiger partial charge in [0.1, 0.15) is 0 Å². The SMILES string of the molecule is C=C[Si](Cl)Cl. The lowest BCUT2D eigenvalue weighted by Gasteiger charge is -1.72. The molecule has 0 spiro atoms. The monoisotopic (exact) mass is 125 g/mol. The summed E-state index contributed by atoms with van der Waals surface area (Å²) < 4.78 is 0. The number of halogens is 2. The zero-order valence-electron chi connectivity index (χ0n) is 2.54. The number of hydrogen-bond donors (Lipinski definition) is 0. The van der Waals surface area contributed by atoms with E-state index in [9.17, 15) is 0 Å². The van der Waals surface area contributed by atoms with Crippen LogP contribution in [0.1, 0.15) is 0 Å². The highest BCUT2D eigenvalue weighted by molar-refractivity contribution is 7.36. The summed E-state index contributed by atoms with van der Waals surface area (Å²) in [6.45, 7) is 3.34. The van der Waals surface area contributed by atoms with E-state index < -0.39 is 7.42 Å². The molecule has 0 aromatic carbocycles. The van der Waals surface area contributed by atoms with Crippen molar-refractivity contribution in [2.45, 2.75) is 0 Å². The van der Waals surface area contributed by atoms with E-state index in [0.717, 1.165) is 0 Å². The summed E-state index contributed by atoms with van der Waals surface area (Å²) in [5.41, 5.74) is 1.55. The van der Waals surface area contributed by atoms with Gasteiger partial charge in [-0.05, 0) is 0 Å². The van der Waals surface area contributed by atoms with Gasteiger partial charge in [-0.1, -0.05) is 5.70 Å². The molecule has 5 heavy (non-hydrogen) atoms. The highest BCUT2D eigenvalue weighted by Crippen LogP contribution is 1.92. The summed E-state index contributed by atoms with van der Waals surface area (Å²) in [6.07, 6.45) is 0. The molecule has 0 rings (SSSR count). The molecule has 0 aromatic rings. The van der Waals surface area contributed by atoms with Crippen LogP contribution in [0.3, 0.4) is 0 Å². The third kappa shape index (κ3) is 4.54. The van der Waals surface area contributed by atoms with Crippen molar-refractivity contribution in [3.05, 3.63) is 12.3 Å². The van der Waals surface area contributed by atoms with Crippen LogP contribution in [0.4, 0.5) is 0 Å². The third-order valence-corrected chi connectivity index (χ3v) is 1.39. The molecule has 29 valence electrons. The second-order valence-electron chi connectivity index (χ2n) is 0.494. The van der Waals surface area contributed by atoms with Gasteiger partial charge in [-0.25, -0.2) is 0 Å². The van der Waals surface area contributed by atoms with E-state index in [1.807, 2.05) is 0 Å². The fourth-order valence-electron chi connectivity index (χ4n) is 0. The largest absolute Gasteiger partial charge is 0.299 e. The molecule has 0 amide bonds. The van der Waals surface area contributed by atoms with Crippen molar-refractivity contribution in [2.24, 2.45) is 0 Å². The van der Waals surface area contributed by atoms with Gasteiger partial charge in [-0.15, -0.1) is 28.7 Å². The summed E-state index contributed by atoms with van der Waals surface area (Å²) in [7, 11) is -1.17. The van der Waals surface area contributed by atoms with E-state index in [0.29, 0.717) is 0 Å². The molecule has 0 N–H and O–H groups in total. The van der Waals surface area contributed by atoms with E-state index in [1.165, 1.54) is 0 Å². The van der Waals surface area contributed by atoms with Gasteiger partial charge in [-0.3, -0.25) is 0 Å². The Morgan fingerprint density at radius 3 is 1.80 bits per heavy atom. The van der Waals surface area contributed by atoms with Gasteiger partial charge in [0, 0.05) is 0 Å². The third-order valence-electron chi connectivity index (χ3n) is 0.154. The summed E-state index contributed by atoms with van der Waals surface area (Å²) in [6, 6.07) is 0. The van der Waals surface area contributed by atoms with Gasteiger partial charge in [-0.2, -0.15) is 0 Å². The predicted octanol–water partition coefficient (Wildman–Crippen LogP) is 1.68. The maximum atomic E-state index is 5.21. The smallest absolute Gasteiger partial charge is 0.141 e. The molecule has 3 heteroatoms. The Balaban J connectivity index is 2.83. The average molecular weight is 126 g/mol. The van der Waals surface area contributed by atoms with Crippen molar-refractivity contribution in [2.75, 3.05) is 0 Å². The molecule has 0 aliphatic heterocycles. The Labute approximate surface area is 42.4 Å². The molecule has 0 heterocycles. The zero-order valence-corrected chi connectivity index (χ0v) is 5.05. The molecule has 0 aromatic heterocycles. The molecule has 0 saturated carbocycles. The minimum Gasteiger partial charge on any atom is -0.141 e. The van der Waals surface area contributed by atoms with Crippen molar-refractivity contribution in [3.63, 3.8) is 0 Å². The Bertz CT molecular complexity index is 34.6. The number of hydrogen-bond acceptors (Lipinski definition) is 0.